The molecular formula is C19H22N2O4. The molecule has 0 spiro atoms. The number of hydrogen-bond donors (Lipinski definition) is 4. The van der Waals surface area contributed by atoms with Crippen molar-refractivity contribution < 1.29 is 19.8 Å². The zero-order valence-corrected chi connectivity index (χ0v) is 14.1. The molecule has 0 radical (unpaired) electrons. The van der Waals surface area contributed by atoms with Crippen molar-refractivity contribution in [3.8, 4) is 22.3 Å². The molecule has 0 saturated heterocycles. The predicted molar refractivity (Wildman–Crippen MR) is 95.8 cm³/mol. The molecule has 0 bridgehead atoms. The molecule has 0 aliphatic heterocycles. The Hall–Kier alpha value is -2.88. The third-order valence-corrected chi connectivity index (χ3v) is 3.33. The lowest BCUT2D eigenvalue weighted by atomic mass is 9.78. The molecule has 0 amide bonds. The second kappa shape index (κ2) is 13.5. The van der Waals surface area contributed by atoms with Crippen LogP contribution in [0, 0.1) is 17.7 Å². The fraction of sp³-hybridized carbons (Fsp3) is 0.263. The van der Waals surface area contributed by atoms with Crippen molar-refractivity contribution in [3.63, 3.8) is 0 Å². The van der Waals surface area contributed by atoms with Gasteiger partial charge >= 0.3 is 0 Å². The summed E-state index contributed by atoms with van der Waals surface area (Å²) in [5, 5.41) is 27.0. The van der Waals surface area contributed by atoms with Crippen molar-refractivity contribution in [2.24, 2.45) is 0 Å². The molecule has 0 heterocycles. The molecule has 132 valence electrons. The molecular weight excluding hydrogens is 320 g/mol. The molecule has 6 heteroatoms. The minimum atomic E-state index is 0.195. The average Bonchev–Trinajstić information content (AvgIpc) is 2.59. The molecule has 2 aromatic rings. The maximum Gasteiger partial charge on any atom is 0.231 e. The summed E-state index contributed by atoms with van der Waals surface area (Å²) >= 11 is 0. The Morgan fingerprint density at radius 2 is 1.24 bits per heavy atom. The first kappa shape index (κ1) is 22.1. The number of benzene rings is 2. The van der Waals surface area contributed by atoms with Gasteiger partial charge in [-0.05, 0) is 47.6 Å². The van der Waals surface area contributed by atoms with Gasteiger partial charge in [-0.2, -0.15) is 0 Å². The number of aliphatic hydroxyl groups is 2. The van der Waals surface area contributed by atoms with Gasteiger partial charge in [-0.15, -0.1) is 0 Å². The molecule has 6 nitrogen and oxygen atoms in total. The lowest BCUT2D eigenvalue weighted by Gasteiger charge is -2.25. The second-order valence-corrected chi connectivity index (χ2v) is 4.90. The summed E-state index contributed by atoms with van der Waals surface area (Å²) in [7, 11) is 0. The highest BCUT2D eigenvalue weighted by Gasteiger charge is 2.22. The van der Waals surface area contributed by atoms with E-state index in [9.17, 15) is 0 Å². The van der Waals surface area contributed by atoms with E-state index in [-0.39, 0.29) is 13.2 Å². The van der Waals surface area contributed by atoms with Crippen molar-refractivity contribution in [2.75, 3.05) is 13.2 Å². The first-order valence-corrected chi connectivity index (χ1v) is 7.61. The van der Waals surface area contributed by atoms with Gasteiger partial charge in [0.2, 0.25) is 12.2 Å². The largest absolute Gasteiger partial charge is 0.396 e. The van der Waals surface area contributed by atoms with Crippen LogP contribution in [0.1, 0.15) is 18.4 Å². The van der Waals surface area contributed by atoms with E-state index in [1.807, 2.05) is 0 Å². The van der Waals surface area contributed by atoms with Crippen molar-refractivity contribution in [3.05, 3.63) is 48.0 Å². The van der Waals surface area contributed by atoms with E-state index < -0.39 is 0 Å². The summed E-state index contributed by atoms with van der Waals surface area (Å²) in [5.74, 6) is 0. The van der Waals surface area contributed by atoms with E-state index in [0.717, 1.165) is 25.0 Å². The number of fused-ring (bicyclic) bond motifs is 4. The third-order valence-electron chi connectivity index (χ3n) is 3.33. The van der Waals surface area contributed by atoms with Gasteiger partial charge in [-0.1, -0.05) is 42.5 Å². The first-order chi connectivity index (χ1) is 12.1. The summed E-state index contributed by atoms with van der Waals surface area (Å²) in [6, 6.07) is 15.1. The summed E-state index contributed by atoms with van der Waals surface area (Å²) in [6.07, 6.45) is 2.94. The number of rotatable bonds is 3. The monoisotopic (exact) mass is 342 g/mol. The molecule has 25 heavy (non-hydrogen) atoms. The number of hydrogen-bond acceptors (Lipinski definition) is 6. The second-order valence-electron chi connectivity index (χ2n) is 4.90. The predicted octanol–water partition coefficient (Wildman–Crippen LogP) is 3.20. The smallest absolute Gasteiger partial charge is 0.231 e. The van der Waals surface area contributed by atoms with E-state index in [1.54, 1.807) is 0 Å². The Morgan fingerprint density at radius 3 is 1.72 bits per heavy atom. The topological polar surface area (TPSA) is 122 Å². The van der Waals surface area contributed by atoms with Crippen LogP contribution in [-0.2, 0) is 9.59 Å². The number of aryl methyl sites for hydroxylation is 1. The van der Waals surface area contributed by atoms with Gasteiger partial charge in [0.1, 0.15) is 0 Å². The standard InChI is InChI=1S/C13H10.C4H10O2.2CHNO/c1-9-5-4-8-12-10-6-2-3-7-11(10)13(9)12;5-3-1-2-4-6;2*2-1-3/h2-8H,1H3;5-6H,1-4H2;2*2H. The Bertz CT molecular complexity index is 701. The van der Waals surface area contributed by atoms with Gasteiger partial charge < -0.3 is 10.2 Å². The Balaban J connectivity index is 0.000000407. The molecule has 2 aromatic carbocycles. The van der Waals surface area contributed by atoms with Crippen molar-refractivity contribution in [1.29, 1.82) is 10.8 Å². The van der Waals surface area contributed by atoms with Gasteiger partial charge in [0.05, 0.1) is 0 Å². The zero-order valence-electron chi connectivity index (χ0n) is 14.1. The quantitative estimate of drug-likeness (QED) is 0.331. The van der Waals surface area contributed by atoms with E-state index in [1.165, 1.54) is 27.8 Å². The molecule has 0 unspecified atom stereocenters. The maximum absolute atomic E-state index is 8.35. The van der Waals surface area contributed by atoms with Crippen LogP contribution in [-0.4, -0.2) is 35.6 Å². The normalized spacial score (nSPS) is 8.76. The number of nitrogens with one attached hydrogen (secondary N) is 2. The number of unbranched alkanes of at least 4 members (excludes halogenated alkanes) is 1. The van der Waals surface area contributed by atoms with Crippen LogP contribution >= 0.6 is 0 Å². The maximum atomic E-state index is 8.35. The number of isocyanates is 2. The first-order valence-electron chi connectivity index (χ1n) is 7.61. The fourth-order valence-corrected chi connectivity index (χ4v) is 2.35. The van der Waals surface area contributed by atoms with Gasteiger partial charge in [0, 0.05) is 13.2 Å². The van der Waals surface area contributed by atoms with E-state index >= 15 is 0 Å². The van der Waals surface area contributed by atoms with Gasteiger partial charge in [0.25, 0.3) is 0 Å². The van der Waals surface area contributed by atoms with Crippen molar-refractivity contribution in [2.45, 2.75) is 19.8 Å². The SMILES string of the molecule is Cc1cccc2c1-c1ccccc1-2.N=C=O.N=C=O.OCCCCO. The van der Waals surface area contributed by atoms with Gasteiger partial charge in [0.15, 0.2) is 0 Å². The van der Waals surface area contributed by atoms with E-state index in [2.05, 4.69) is 49.4 Å². The fourth-order valence-electron chi connectivity index (χ4n) is 2.35. The highest BCUT2D eigenvalue weighted by molar-refractivity contribution is 6.03. The highest BCUT2D eigenvalue weighted by Crippen LogP contribution is 2.48. The Morgan fingerprint density at radius 1 is 0.800 bits per heavy atom. The van der Waals surface area contributed by atoms with Crippen LogP contribution in [0.15, 0.2) is 42.5 Å². The summed E-state index contributed by atoms with van der Waals surface area (Å²) in [5.41, 5.74) is 7.06. The molecule has 4 N–H and O–H groups in total. The summed E-state index contributed by atoms with van der Waals surface area (Å²) in [4.78, 5) is 16.7. The van der Waals surface area contributed by atoms with Gasteiger partial charge in [-0.25, -0.2) is 20.4 Å². The third kappa shape index (κ3) is 7.04. The molecule has 3 rings (SSSR count). The molecule has 1 aliphatic rings. The van der Waals surface area contributed by atoms with Crippen LogP contribution < -0.4 is 0 Å². The summed E-state index contributed by atoms with van der Waals surface area (Å²) < 4.78 is 0. The zero-order chi connectivity index (χ0) is 19.1. The highest BCUT2D eigenvalue weighted by atomic mass is 16.3. The van der Waals surface area contributed by atoms with Crippen LogP contribution in [0.2, 0.25) is 0 Å². The van der Waals surface area contributed by atoms with Crippen LogP contribution in [0.25, 0.3) is 22.3 Å². The number of aliphatic hydroxyl groups excluding tert-OH is 2. The average molecular weight is 342 g/mol. The van der Waals surface area contributed by atoms with Crippen molar-refractivity contribution in [1.82, 2.24) is 0 Å². The number of carbonyl (C=O) groups excluding carboxylic acids is 2. The summed E-state index contributed by atoms with van der Waals surface area (Å²) in [6.45, 7) is 2.57. The lowest BCUT2D eigenvalue weighted by molar-refractivity contribution is 0.242. The minimum absolute atomic E-state index is 0.195. The molecule has 0 atom stereocenters. The van der Waals surface area contributed by atoms with Crippen LogP contribution in [0.3, 0.4) is 0 Å². The van der Waals surface area contributed by atoms with Crippen LogP contribution in [0.4, 0.5) is 0 Å². The molecule has 0 fully saturated rings. The molecule has 0 saturated carbocycles. The van der Waals surface area contributed by atoms with Crippen LogP contribution in [0.5, 0.6) is 0 Å². The minimum Gasteiger partial charge on any atom is -0.396 e. The van der Waals surface area contributed by atoms with E-state index in [4.69, 9.17) is 30.6 Å². The van der Waals surface area contributed by atoms with Crippen molar-refractivity contribution >= 4 is 12.2 Å². The Labute approximate surface area is 146 Å². The van der Waals surface area contributed by atoms with E-state index in [0.29, 0.717) is 0 Å². The Kier molecular flexibility index (Phi) is 12.0. The molecule has 1 aliphatic carbocycles. The van der Waals surface area contributed by atoms with Gasteiger partial charge in [-0.3, -0.25) is 0 Å². The lowest BCUT2D eigenvalue weighted by Crippen LogP contribution is -1.99. The molecule has 0 aromatic heterocycles.